The molecule has 7 heteroatoms. The maximum Gasteiger partial charge on any atom is 0.258 e. The molecule has 1 saturated heterocycles. The Morgan fingerprint density at radius 3 is 2.61 bits per heavy atom. The van der Waals surface area contributed by atoms with E-state index in [1.165, 1.54) is 18.9 Å². The predicted octanol–water partition coefficient (Wildman–Crippen LogP) is 4.33. The summed E-state index contributed by atoms with van der Waals surface area (Å²) in [6.07, 6.45) is 5.81. The zero-order valence-electron chi connectivity index (χ0n) is 17.5. The summed E-state index contributed by atoms with van der Waals surface area (Å²) < 4.78 is 13.1. The highest BCUT2D eigenvalue weighted by Gasteiger charge is 2.19. The minimum absolute atomic E-state index is 0.168. The van der Waals surface area contributed by atoms with Crippen molar-refractivity contribution in [1.29, 1.82) is 0 Å². The molecule has 4 rings (SSSR count). The lowest BCUT2D eigenvalue weighted by molar-refractivity contribution is 0.204. The number of pyridine rings is 2. The summed E-state index contributed by atoms with van der Waals surface area (Å²) in [4.78, 5) is 19.2. The predicted molar refractivity (Wildman–Crippen MR) is 121 cm³/mol. The lowest BCUT2D eigenvalue weighted by Gasteiger charge is -2.20. The van der Waals surface area contributed by atoms with Crippen LogP contribution in [0.15, 0.2) is 65.7 Å². The van der Waals surface area contributed by atoms with Crippen molar-refractivity contribution >= 4 is 11.6 Å². The van der Waals surface area contributed by atoms with E-state index in [2.05, 4.69) is 16.8 Å². The van der Waals surface area contributed by atoms with E-state index < -0.39 is 0 Å². The lowest BCUT2D eigenvalue weighted by atomic mass is 10.2. The van der Waals surface area contributed by atoms with E-state index in [1.807, 2.05) is 24.3 Å². The molecule has 1 aromatic carbocycles. The van der Waals surface area contributed by atoms with Crippen LogP contribution in [0.5, 0.6) is 11.5 Å². The Morgan fingerprint density at radius 1 is 1.10 bits per heavy atom. The van der Waals surface area contributed by atoms with Crippen LogP contribution in [0, 0.1) is 0 Å². The van der Waals surface area contributed by atoms with Gasteiger partial charge in [0.15, 0.2) is 0 Å². The smallest absolute Gasteiger partial charge is 0.258 e. The Labute approximate surface area is 187 Å². The van der Waals surface area contributed by atoms with Crippen LogP contribution in [0.1, 0.15) is 25.5 Å². The minimum atomic E-state index is -0.168. The molecule has 3 heterocycles. The van der Waals surface area contributed by atoms with E-state index in [0.717, 1.165) is 30.2 Å². The molecule has 1 aliphatic rings. The standard InChI is InChI=1S/C24H26ClN3O3/c1-18-3-2-11-27(18)13-14-30-22-8-6-21(7-9-22)28-12-10-23(15-24(28)29)31-17-20-5-4-19(25)16-26-20/h4-10,12,15-16,18H,2-3,11,13-14,17H2,1H3/t18-/m1/s1. The lowest BCUT2D eigenvalue weighted by Crippen LogP contribution is -2.31. The summed E-state index contributed by atoms with van der Waals surface area (Å²) in [5.74, 6) is 1.30. The molecule has 6 nitrogen and oxygen atoms in total. The molecule has 1 aliphatic heterocycles. The highest BCUT2D eigenvalue weighted by Crippen LogP contribution is 2.18. The molecule has 0 amide bonds. The van der Waals surface area contributed by atoms with Crippen molar-refractivity contribution in [1.82, 2.24) is 14.5 Å². The summed E-state index contributed by atoms with van der Waals surface area (Å²) in [5, 5.41) is 0.573. The SMILES string of the molecule is C[C@@H]1CCCN1CCOc1ccc(-n2ccc(OCc3ccc(Cl)cn3)cc2=O)cc1. The van der Waals surface area contributed by atoms with Crippen molar-refractivity contribution in [3.8, 4) is 17.2 Å². The number of ether oxygens (including phenoxy) is 2. The molecule has 1 fully saturated rings. The molecule has 31 heavy (non-hydrogen) atoms. The van der Waals surface area contributed by atoms with Crippen molar-refractivity contribution in [3.05, 3.63) is 82.0 Å². The van der Waals surface area contributed by atoms with Crippen molar-refractivity contribution in [2.75, 3.05) is 19.7 Å². The van der Waals surface area contributed by atoms with Crippen LogP contribution >= 0.6 is 11.6 Å². The van der Waals surface area contributed by atoms with Gasteiger partial charge < -0.3 is 9.47 Å². The molecule has 0 spiro atoms. The van der Waals surface area contributed by atoms with E-state index in [-0.39, 0.29) is 12.2 Å². The maximum absolute atomic E-state index is 12.5. The molecular formula is C24H26ClN3O3. The first-order chi connectivity index (χ1) is 15.1. The molecule has 0 bridgehead atoms. The molecule has 0 unspecified atom stereocenters. The van der Waals surface area contributed by atoms with Crippen molar-refractivity contribution < 1.29 is 9.47 Å². The molecule has 3 aromatic rings. The van der Waals surface area contributed by atoms with Gasteiger partial charge in [-0.25, -0.2) is 0 Å². The number of hydrogen-bond acceptors (Lipinski definition) is 5. The third-order valence-electron chi connectivity index (χ3n) is 5.52. The van der Waals surface area contributed by atoms with E-state index in [0.29, 0.717) is 23.4 Å². The van der Waals surface area contributed by atoms with E-state index >= 15 is 0 Å². The fourth-order valence-corrected chi connectivity index (χ4v) is 3.83. The molecule has 0 saturated carbocycles. The number of rotatable bonds is 8. The van der Waals surface area contributed by atoms with Gasteiger partial charge in [0.1, 0.15) is 24.7 Å². The number of likely N-dealkylation sites (tertiary alicyclic amines) is 1. The Morgan fingerprint density at radius 2 is 1.94 bits per heavy atom. The van der Waals surface area contributed by atoms with Gasteiger partial charge in [-0.1, -0.05) is 11.6 Å². The molecule has 2 aromatic heterocycles. The van der Waals surface area contributed by atoms with Crippen molar-refractivity contribution in [2.45, 2.75) is 32.4 Å². The monoisotopic (exact) mass is 439 g/mol. The van der Waals surface area contributed by atoms with Gasteiger partial charge >= 0.3 is 0 Å². The van der Waals surface area contributed by atoms with Gasteiger partial charge in [-0.15, -0.1) is 0 Å². The highest BCUT2D eigenvalue weighted by atomic mass is 35.5. The maximum atomic E-state index is 12.5. The Balaban J connectivity index is 1.33. The van der Waals surface area contributed by atoms with Crippen LogP contribution in [-0.2, 0) is 6.61 Å². The first-order valence-corrected chi connectivity index (χ1v) is 10.9. The third kappa shape index (κ3) is 5.66. The summed E-state index contributed by atoms with van der Waals surface area (Å²) in [6, 6.07) is 15.0. The second-order valence-electron chi connectivity index (χ2n) is 7.70. The quantitative estimate of drug-likeness (QED) is 0.523. The second-order valence-corrected chi connectivity index (χ2v) is 8.13. The molecule has 1 atom stereocenters. The van der Waals surface area contributed by atoms with Crippen LogP contribution in [0.3, 0.4) is 0 Å². The van der Waals surface area contributed by atoms with Crippen LogP contribution in [-0.4, -0.2) is 40.2 Å². The van der Waals surface area contributed by atoms with E-state index in [4.69, 9.17) is 21.1 Å². The summed E-state index contributed by atoms with van der Waals surface area (Å²) in [7, 11) is 0. The van der Waals surface area contributed by atoms with E-state index in [9.17, 15) is 4.79 Å². The second kappa shape index (κ2) is 9.98. The summed E-state index contributed by atoms with van der Waals surface area (Å²) in [5.41, 5.74) is 1.35. The fourth-order valence-electron chi connectivity index (χ4n) is 3.72. The van der Waals surface area contributed by atoms with Crippen LogP contribution in [0.25, 0.3) is 5.69 Å². The van der Waals surface area contributed by atoms with Crippen LogP contribution in [0.4, 0.5) is 0 Å². The third-order valence-corrected chi connectivity index (χ3v) is 5.74. The van der Waals surface area contributed by atoms with Crippen LogP contribution in [0.2, 0.25) is 5.02 Å². The van der Waals surface area contributed by atoms with Gasteiger partial charge in [0.25, 0.3) is 5.56 Å². The van der Waals surface area contributed by atoms with Gasteiger partial charge in [-0.3, -0.25) is 19.2 Å². The van der Waals surface area contributed by atoms with Gasteiger partial charge in [0.2, 0.25) is 0 Å². The normalized spacial score (nSPS) is 16.4. The molecular weight excluding hydrogens is 414 g/mol. The van der Waals surface area contributed by atoms with Gasteiger partial charge in [-0.05, 0) is 68.8 Å². The molecule has 0 N–H and O–H groups in total. The summed E-state index contributed by atoms with van der Waals surface area (Å²) >= 11 is 5.83. The number of nitrogens with zero attached hydrogens (tertiary/aromatic N) is 3. The number of hydrogen-bond donors (Lipinski definition) is 0. The first kappa shape index (κ1) is 21.4. The van der Waals surface area contributed by atoms with Crippen LogP contribution < -0.4 is 15.0 Å². The van der Waals surface area contributed by atoms with Crippen molar-refractivity contribution in [2.24, 2.45) is 0 Å². The summed E-state index contributed by atoms with van der Waals surface area (Å²) in [6.45, 7) is 5.29. The Kier molecular flexibility index (Phi) is 6.89. The first-order valence-electron chi connectivity index (χ1n) is 10.5. The Bertz CT molecular complexity index is 1050. The average molecular weight is 440 g/mol. The zero-order chi connectivity index (χ0) is 21.6. The van der Waals surface area contributed by atoms with Gasteiger partial charge in [-0.2, -0.15) is 0 Å². The van der Waals surface area contributed by atoms with E-state index in [1.54, 1.807) is 35.2 Å². The van der Waals surface area contributed by atoms with Gasteiger partial charge in [0, 0.05) is 36.7 Å². The minimum Gasteiger partial charge on any atom is -0.492 e. The zero-order valence-corrected chi connectivity index (χ0v) is 18.3. The largest absolute Gasteiger partial charge is 0.492 e. The average Bonchev–Trinajstić information content (AvgIpc) is 3.19. The molecule has 162 valence electrons. The Hall–Kier alpha value is -2.83. The fraction of sp³-hybridized carbons (Fsp3) is 0.333. The number of benzene rings is 1. The molecule has 0 radical (unpaired) electrons. The van der Waals surface area contributed by atoms with Gasteiger partial charge in [0.05, 0.1) is 10.7 Å². The molecule has 0 aliphatic carbocycles. The number of aromatic nitrogens is 2. The number of halogens is 1. The highest BCUT2D eigenvalue weighted by molar-refractivity contribution is 6.30. The van der Waals surface area contributed by atoms with Crippen molar-refractivity contribution in [3.63, 3.8) is 0 Å². The topological polar surface area (TPSA) is 56.6 Å².